The van der Waals surface area contributed by atoms with Crippen molar-refractivity contribution in [1.29, 1.82) is 0 Å². The number of halogens is 1. The fourth-order valence-electron chi connectivity index (χ4n) is 4.73. The Kier molecular flexibility index (Phi) is 4.88. The molecular formula is C15H23ClN2O4S. The third-order valence-electron chi connectivity index (χ3n) is 5.63. The maximum Gasteiger partial charge on any atom is 0.332 e. The number of ketones is 1. The molecule has 1 N–H and O–H groups in total. The molecule has 8 heteroatoms. The number of hydrogen-bond donors (Lipinski definition) is 1. The van der Waals surface area contributed by atoms with E-state index in [4.69, 9.17) is 10.7 Å². The number of nitrogens with zero attached hydrogens (tertiary/aromatic N) is 1. The number of carbonyl (C=O) groups excluding carboxylic acids is 2. The lowest BCUT2D eigenvalue weighted by atomic mass is 9.79. The van der Waals surface area contributed by atoms with E-state index in [9.17, 15) is 18.0 Å². The molecule has 3 rings (SSSR count). The molecule has 4 atom stereocenters. The largest absolute Gasteiger partial charge is 0.332 e. The quantitative estimate of drug-likeness (QED) is 0.726. The Morgan fingerprint density at radius 1 is 1.04 bits per heavy atom. The normalized spacial score (nSPS) is 35.0. The SMILES string of the molecule is O=C1CC2CCCCC2N(C(=O)NS(=O)(=O)Cl)C2CCCCC12. The molecule has 1 saturated heterocycles. The van der Waals surface area contributed by atoms with Gasteiger partial charge in [-0.3, -0.25) is 4.79 Å². The Bertz CT molecular complexity index is 594. The fourth-order valence-corrected chi connectivity index (χ4v) is 5.24. The first kappa shape index (κ1) is 17.0. The standard InChI is InChI=1S/C15H23ClN2O4S/c16-23(21,22)17-15(20)18-12-7-3-1-5-10(12)9-14(19)11-6-2-4-8-13(11)18/h10-13H,1-9H2,(H,17,20). The van der Waals surface area contributed by atoms with Crippen LogP contribution in [0.3, 0.4) is 0 Å². The van der Waals surface area contributed by atoms with Crippen LogP contribution in [-0.2, 0) is 14.0 Å². The van der Waals surface area contributed by atoms with E-state index in [0.29, 0.717) is 6.42 Å². The van der Waals surface area contributed by atoms with Crippen LogP contribution in [0.4, 0.5) is 4.79 Å². The maximum absolute atomic E-state index is 12.7. The average molecular weight is 363 g/mol. The van der Waals surface area contributed by atoms with Gasteiger partial charge in [-0.2, -0.15) is 8.42 Å². The molecule has 2 amide bonds. The minimum absolute atomic E-state index is 0.0563. The summed E-state index contributed by atoms with van der Waals surface area (Å²) >= 11 is 0. The zero-order valence-corrected chi connectivity index (χ0v) is 14.6. The van der Waals surface area contributed by atoms with E-state index in [0.717, 1.165) is 51.4 Å². The predicted molar refractivity (Wildman–Crippen MR) is 86.3 cm³/mol. The Balaban J connectivity index is 1.95. The smallest absolute Gasteiger partial charge is 0.317 e. The number of likely N-dealkylation sites (tertiary alicyclic amines) is 1. The third-order valence-corrected chi connectivity index (χ3v) is 6.28. The summed E-state index contributed by atoms with van der Waals surface area (Å²) in [6.45, 7) is 0. The Morgan fingerprint density at radius 2 is 1.65 bits per heavy atom. The van der Waals surface area contributed by atoms with Crippen molar-refractivity contribution in [1.82, 2.24) is 9.62 Å². The van der Waals surface area contributed by atoms with Gasteiger partial charge in [-0.05, 0) is 31.6 Å². The van der Waals surface area contributed by atoms with Crippen LogP contribution < -0.4 is 4.72 Å². The van der Waals surface area contributed by atoms with Crippen LogP contribution in [-0.4, -0.2) is 37.2 Å². The van der Waals surface area contributed by atoms with Crippen molar-refractivity contribution in [2.75, 3.05) is 0 Å². The molecule has 0 aromatic carbocycles. The molecule has 1 aliphatic heterocycles. The molecular weight excluding hydrogens is 340 g/mol. The van der Waals surface area contributed by atoms with Crippen molar-refractivity contribution in [2.24, 2.45) is 11.8 Å². The summed E-state index contributed by atoms with van der Waals surface area (Å²) in [5, 5.41) is 0. The first-order valence-electron chi connectivity index (χ1n) is 8.44. The second-order valence-corrected chi connectivity index (χ2v) is 9.29. The van der Waals surface area contributed by atoms with Crippen molar-refractivity contribution in [3.63, 3.8) is 0 Å². The van der Waals surface area contributed by atoms with E-state index in [1.165, 1.54) is 0 Å². The van der Waals surface area contributed by atoms with Gasteiger partial charge in [0.1, 0.15) is 5.78 Å². The molecule has 2 saturated carbocycles. The van der Waals surface area contributed by atoms with Gasteiger partial charge in [0.15, 0.2) is 0 Å². The summed E-state index contributed by atoms with van der Waals surface area (Å²) in [7, 11) is 1.09. The third kappa shape index (κ3) is 3.65. The van der Waals surface area contributed by atoms with Gasteiger partial charge in [-0.1, -0.05) is 25.7 Å². The summed E-state index contributed by atoms with van der Waals surface area (Å²) in [6.07, 6.45) is 7.84. The van der Waals surface area contributed by atoms with E-state index in [1.54, 1.807) is 4.90 Å². The molecule has 23 heavy (non-hydrogen) atoms. The highest BCUT2D eigenvalue weighted by Crippen LogP contribution is 2.41. The molecule has 1 heterocycles. The van der Waals surface area contributed by atoms with Gasteiger partial charge < -0.3 is 4.90 Å². The molecule has 0 spiro atoms. The van der Waals surface area contributed by atoms with Crippen molar-refractivity contribution in [3.8, 4) is 0 Å². The highest BCUT2D eigenvalue weighted by molar-refractivity contribution is 8.12. The molecule has 4 unspecified atom stereocenters. The highest BCUT2D eigenvalue weighted by atomic mass is 35.7. The van der Waals surface area contributed by atoms with Gasteiger partial charge in [0.2, 0.25) is 0 Å². The fraction of sp³-hybridized carbons (Fsp3) is 0.867. The predicted octanol–water partition coefficient (Wildman–Crippen LogP) is 2.57. The van der Waals surface area contributed by atoms with E-state index < -0.39 is 15.3 Å². The second-order valence-electron chi connectivity index (χ2n) is 6.99. The molecule has 0 bridgehead atoms. The monoisotopic (exact) mass is 362 g/mol. The summed E-state index contributed by atoms with van der Waals surface area (Å²) < 4.78 is 24.5. The number of carbonyl (C=O) groups is 2. The van der Waals surface area contributed by atoms with Gasteiger partial charge in [-0.25, -0.2) is 9.52 Å². The lowest BCUT2D eigenvalue weighted by Crippen LogP contribution is -2.56. The molecule has 0 aromatic heterocycles. The van der Waals surface area contributed by atoms with E-state index in [-0.39, 0.29) is 29.7 Å². The molecule has 0 aromatic rings. The number of urea groups is 1. The van der Waals surface area contributed by atoms with Crippen molar-refractivity contribution in [3.05, 3.63) is 0 Å². The van der Waals surface area contributed by atoms with Crippen LogP contribution >= 0.6 is 10.7 Å². The minimum Gasteiger partial charge on any atom is -0.317 e. The summed E-state index contributed by atoms with van der Waals surface area (Å²) in [6, 6.07) is -0.912. The lowest BCUT2D eigenvalue weighted by Gasteiger charge is -2.43. The maximum atomic E-state index is 12.7. The van der Waals surface area contributed by atoms with Crippen molar-refractivity contribution >= 4 is 31.7 Å². The lowest BCUT2D eigenvalue weighted by molar-refractivity contribution is -0.125. The van der Waals surface area contributed by atoms with E-state index >= 15 is 0 Å². The molecule has 3 aliphatic rings. The van der Waals surface area contributed by atoms with Crippen LogP contribution in [0.15, 0.2) is 0 Å². The van der Waals surface area contributed by atoms with Crippen LogP contribution in [0.25, 0.3) is 0 Å². The van der Waals surface area contributed by atoms with Crippen LogP contribution in [0.5, 0.6) is 0 Å². The second kappa shape index (κ2) is 6.59. The van der Waals surface area contributed by atoms with E-state index in [1.807, 2.05) is 4.72 Å². The topological polar surface area (TPSA) is 83.6 Å². The number of rotatable bonds is 1. The summed E-state index contributed by atoms with van der Waals surface area (Å²) in [5.74, 6) is 0.236. The van der Waals surface area contributed by atoms with Crippen molar-refractivity contribution < 1.29 is 18.0 Å². The van der Waals surface area contributed by atoms with Gasteiger partial charge in [0.05, 0.1) is 0 Å². The first-order chi connectivity index (χ1) is 10.9. The Hall–Kier alpha value is -0.820. The van der Waals surface area contributed by atoms with Gasteiger partial charge >= 0.3 is 15.3 Å². The average Bonchev–Trinajstić information content (AvgIpc) is 2.59. The highest BCUT2D eigenvalue weighted by Gasteiger charge is 2.47. The zero-order valence-electron chi connectivity index (χ0n) is 13.0. The summed E-state index contributed by atoms with van der Waals surface area (Å²) in [4.78, 5) is 26.9. The van der Waals surface area contributed by atoms with Gasteiger partial charge in [0, 0.05) is 35.1 Å². The minimum atomic E-state index is -4.13. The van der Waals surface area contributed by atoms with Crippen LogP contribution in [0.2, 0.25) is 0 Å². The molecule has 2 aliphatic carbocycles. The Morgan fingerprint density at radius 3 is 2.35 bits per heavy atom. The first-order valence-corrected chi connectivity index (χ1v) is 10.7. The molecule has 6 nitrogen and oxygen atoms in total. The number of Topliss-reactive ketones (excluding diaryl/α,β-unsaturated/α-hetero) is 1. The molecule has 130 valence electrons. The van der Waals surface area contributed by atoms with Crippen LogP contribution in [0, 0.1) is 11.8 Å². The number of nitrogens with one attached hydrogen (secondary N) is 1. The van der Waals surface area contributed by atoms with Gasteiger partial charge in [-0.15, -0.1) is 0 Å². The van der Waals surface area contributed by atoms with Crippen LogP contribution in [0.1, 0.15) is 57.8 Å². The zero-order chi connectivity index (χ0) is 16.6. The number of fused-ring (bicyclic) bond motifs is 2. The number of hydrogen-bond acceptors (Lipinski definition) is 4. The van der Waals surface area contributed by atoms with Gasteiger partial charge in [0.25, 0.3) is 0 Å². The number of amides is 2. The molecule has 3 fully saturated rings. The van der Waals surface area contributed by atoms with Crippen molar-refractivity contribution in [2.45, 2.75) is 69.9 Å². The molecule has 0 radical (unpaired) electrons. The Labute approximate surface area is 141 Å². The van der Waals surface area contributed by atoms with E-state index in [2.05, 4.69) is 0 Å². The summed E-state index contributed by atoms with van der Waals surface area (Å²) in [5.41, 5.74) is 0.